The molecule has 4 rings (SSSR count). The lowest BCUT2D eigenvalue weighted by molar-refractivity contribution is 0.184. The molecule has 4 N–H and O–H groups in total. The van der Waals surface area contributed by atoms with Crippen molar-refractivity contribution in [3.8, 4) is 5.69 Å². The molecule has 1 aliphatic carbocycles. The first-order valence-corrected chi connectivity index (χ1v) is 11.8. The number of likely N-dealkylation sites (N-methyl/N-ethyl adjacent to an activating group) is 1. The van der Waals surface area contributed by atoms with Crippen molar-refractivity contribution in [1.29, 1.82) is 0 Å². The molecule has 1 saturated heterocycles. The molecule has 2 fully saturated rings. The van der Waals surface area contributed by atoms with Gasteiger partial charge in [0.25, 0.3) is 0 Å². The molecule has 0 bridgehead atoms. The van der Waals surface area contributed by atoms with Gasteiger partial charge in [0.05, 0.1) is 5.69 Å². The Morgan fingerprint density at radius 2 is 1.97 bits per heavy atom. The standard InChI is InChI=1S/C24H35N7O2/c1-17(29(2)21-8-5-19(25)16-21)15-18-3-6-20(7-4-18)31-12-9-22(28-24(31)33)27-23(32)30-13-10-26-11-14-30/h3-4,6-7,9,12,17,19,21,26H,5,8,10-11,13-16,25H2,1-2H3,(H,27,28,32,33)/t17?,19?,21-/m0/s1. The van der Waals surface area contributed by atoms with Crippen LogP contribution in [0.15, 0.2) is 41.3 Å². The average Bonchev–Trinajstić information content (AvgIpc) is 3.26. The molecule has 1 aromatic carbocycles. The summed E-state index contributed by atoms with van der Waals surface area (Å²) in [6.45, 7) is 5.06. The Labute approximate surface area is 195 Å². The predicted octanol–water partition coefficient (Wildman–Crippen LogP) is 1.41. The number of rotatable bonds is 6. The van der Waals surface area contributed by atoms with Crippen LogP contribution in [0.5, 0.6) is 0 Å². The number of amides is 2. The highest BCUT2D eigenvalue weighted by molar-refractivity contribution is 5.88. The fourth-order valence-corrected chi connectivity index (χ4v) is 4.72. The van der Waals surface area contributed by atoms with Crippen molar-refractivity contribution in [1.82, 2.24) is 24.7 Å². The van der Waals surface area contributed by atoms with E-state index in [-0.39, 0.29) is 11.8 Å². The largest absolute Gasteiger partial charge is 0.354 e. The van der Waals surface area contributed by atoms with E-state index in [1.807, 2.05) is 12.1 Å². The highest BCUT2D eigenvalue weighted by Gasteiger charge is 2.27. The first kappa shape index (κ1) is 23.4. The molecule has 178 valence electrons. The van der Waals surface area contributed by atoms with Gasteiger partial charge in [-0.05, 0) is 63.4 Å². The number of hydrogen-bond acceptors (Lipinski definition) is 6. The molecule has 9 heteroatoms. The molecule has 1 aromatic heterocycles. The number of nitrogens with one attached hydrogen (secondary N) is 2. The Balaban J connectivity index is 1.37. The maximum Gasteiger partial charge on any atom is 0.354 e. The van der Waals surface area contributed by atoms with Gasteiger partial charge in [0, 0.05) is 50.5 Å². The van der Waals surface area contributed by atoms with Gasteiger partial charge in [-0.2, -0.15) is 4.98 Å². The van der Waals surface area contributed by atoms with Crippen molar-refractivity contribution >= 4 is 11.8 Å². The van der Waals surface area contributed by atoms with Gasteiger partial charge < -0.3 is 20.9 Å². The highest BCUT2D eigenvalue weighted by atomic mass is 16.2. The lowest BCUT2D eigenvalue weighted by Crippen LogP contribution is -2.48. The van der Waals surface area contributed by atoms with E-state index in [0.29, 0.717) is 31.2 Å². The van der Waals surface area contributed by atoms with E-state index in [1.165, 1.54) is 16.6 Å². The summed E-state index contributed by atoms with van der Waals surface area (Å²) in [4.78, 5) is 33.1. The molecular weight excluding hydrogens is 418 g/mol. The van der Waals surface area contributed by atoms with Crippen molar-refractivity contribution in [3.63, 3.8) is 0 Å². The average molecular weight is 454 g/mol. The van der Waals surface area contributed by atoms with Crippen LogP contribution in [0.1, 0.15) is 31.7 Å². The van der Waals surface area contributed by atoms with Crippen LogP contribution in [0.2, 0.25) is 0 Å². The van der Waals surface area contributed by atoms with Gasteiger partial charge in [-0.25, -0.2) is 9.59 Å². The maximum atomic E-state index is 12.6. The highest BCUT2D eigenvalue weighted by Crippen LogP contribution is 2.24. The summed E-state index contributed by atoms with van der Waals surface area (Å²) in [6.07, 6.45) is 5.94. The molecular formula is C24H35N7O2. The number of aromatic nitrogens is 2. The van der Waals surface area contributed by atoms with Crippen LogP contribution < -0.4 is 22.1 Å². The van der Waals surface area contributed by atoms with Crippen LogP contribution in [-0.4, -0.2) is 76.7 Å². The molecule has 0 spiro atoms. The molecule has 3 atom stereocenters. The molecule has 9 nitrogen and oxygen atoms in total. The van der Waals surface area contributed by atoms with Crippen molar-refractivity contribution in [3.05, 3.63) is 52.6 Å². The summed E-state index contributed by atoms with van der Waals surface area (Å²) < 4.78 is 1.49. The van der Waals surface area contributed by atoms with E-state index in [0.717, 1.165) is 38.0 Å². The predicted molar refractivity (Wildman–Crippen MR) is 130 cm³/mol. The van der Waals surface area contributed by atoms with Gasteiger partial charge >= 0.3 is 11.7 Å². The fraction of sp³-hybridized carbons (Fsp3) is 0.542. The number of nitrogens with zero attached hydrogens (tertiary/aromatic N) is 4. The van der Waals surface area contributed by atoms with Gasteiger partial charge in [0.1, 0.15) is 5.82 Å². The van der Waals surface area contributed by atoms with E-state index >= 15 is 0 Å². The summed E-state index contributed by atoms with van der Waals surface area (Å²) in [6, 6.07) is 10.7. The Morgan fingerprint density at radius 1 is 1.24 bits per heavy atom. The van der Waals surface area contributed by atoms with E-state index in [2.05, 4.69) is 46.6 Å². The molecule has 2 amide bonds. The maximum absolute atomic E-state index is 12.6. The third kappa shape index (κ3) is 5.79. The van der Waals surface area contributed by atoms with Crippen LogP contribution in [0.3, 0.4) is 0 Å². The quantitative estimate of drug-likeness (QED) is 0.610. The lowest BCUT2D eigenvalue weighted by atomic mass is 10.0. The summed E-state index contributed by atoms with van der Waals surface area (Å²) in [5.74, 6) is 0.264. The van der Waals surface area contributed by atoms with Crippen LogP contribution in [0, 0.1) is 0 Å². The van der Waals surface area contributed by atoms with Crippen LogP contribution >= 0.6 is 0 Å². The van der Waals surface area contributed by atoms with Gasteiger partial charge in [-0.3, -0.25) is 9.88 Å². The molecule has 2 aliphatic rings. The zero-order valence-electron chi connectivity index (χ0n) is 19.5. The van der Waals surface area contributed by atoms with Gasteiger partial charge in [-0.1, -0.05) is 12.1 Å². The SMILES string of the molecule is CC(Cc1ccc(-n2ccc(NC(=O)N3CCNCC3)nc2=O)cc1)N(C)[C@H]1CCC(N)C1. The minimum absolute atomic E-state index is 0.232. The van der Waals surface area contributed by atoms with Crippen LogP contribution in [0.4, 0.5) is 10.6 Å². The number of carbonyl (C=O) groups excluding carboxylic acids is 1. The molecule has 2 unspecified atom stereocenters. The van der Waals surface area contributed by atoms with Crippen LogP contribution in [-0.2, 0) is 6.42 Å². The number of hydrogen-bond donors (Lipinski definition) is 3. The zero-order chi connectivity index (χ0) is 23.4. The Morgan fingerprint density at radius 3 is 2.61 bits per heavy atom. The molecule has 33 heavy (non-hydrogen) atoms. The van der Waals surface area contributed by atoms with Crippen molar-refractivity contribution in [2.24, 2.45) is 5.73 Å². The van der Waals surface area contributed by atoms with E-state index in [4.69, 9.17) is 5.73 Å². The number of carbonyl (C=O) groups is 1. The zero-order valence-corrected chi connectivity index (χ0v) is 19.5. The minimum atomic E-state index is -0.425. The Bertz CT molecular complexity index is 1000. The second kappa shape index (κ2) is 10.5. The summed E-state index contributed by atoms with van der Waals surface area (Å²) in [5.41, 5.74) is 7.63. The normalized spacial score (nSPS) is 21.9. The number of urea groups is 1. The van der Waals surface area contributed by atoms with E-state index in [1.54, 1.807) is 17.2 Å². The molecule has 1 saturated carbocycles. The summed E-state index contributed by atoms with van der Waals surface area (Å²) in [5, 5.41) is 5.92. The lowest BCUT2D eigenvalue weighted by Gasteiger charge is -2.31. The smallest absolute Gasteiger partial charge is 0.328 e. The molecule has 2 heterocycles. The van der Waals surface area contributed by atoms with Crippen molar-refractivity contribution in [2.75, 3.05) is 38.5 Å². The first-order chi connectivity index (χ1) is 15.9. The molecule has 1 aliphatic heterocycles. The first-order valence-electron chi connectivity index (χ1n) is 11.8. The van der Waals surface area contributed by atoms with Gasteiger partial charge in [-0.15, -0.1) is 0 Å². The number of benzene rings is 1. The van der Waals surface area contributed by atoms with Gasteiger partial charge in [0.2, 0.25) is 0 Å². The van der Waals surface area contributed by atoms with Crippen LogP contribution in [0.25, 0.3) is 5.69 Å². The molecule has 2 aromatic rings. The number of piperazine rings is 1. The Hall–Kier alpha value is -2.75. The van der Waals surface area contributed by atoms with Crippen molar-refractivity contribution < 1.29 is 4.79 Å². The number of nitrogens with two attached hydrogens (primary N) is 1. The summed E-state index contributed by atoms with van der Waals surface area (Å²) >= 11 is 0. The monoisotopic (exact) mass is 453 g/mol. The van der Waals surface area contributed by atoms with Crippen molar-refractivity contribution in [2.45, 2.75) is 50.7 Å². The topological polar surface area (TPSA) is 109 Å². The molecule has 0 radical (unpaired) electrons. The fourth-order valence-electron chi connectivity index (χ4n) is 4.72. The van der Waals surface area contributed by atoms with E-state index < -0.39 is 5.69 Å². The summed E-state index contributed by atoms with van der Waals surface area (Å²) in [7, 11) is 2.19. The second-order valence-electron chi connectivity index (χ2n) is 9.24. The second-order valence-corrected chi connectivity index (χ2v) is 9.24. The number of anilines is 1. The Kier molecular flexibility index (Phi) is 7.42. The third-order valence-electron chi connectivity index (χ3n) is 6.91. The minimum Gasteiger partial charge on any atom is -0.328 e. The van der Waals surface area contributed by atoms with E-state index in [9.17, 15) is 9.59 Å². The van der Waals surface area contributed by atoms with Gasteiger partial charge in [0.15, 0.2) is 0 Å². The third-order valence-corrected chi connectivity index (χ3v) is 6.91.